The van der Waals surface area contributed by atoms with E-state index in [-0.39, 0.29) is 17.4 Å². The summed E-state index contributed by atoms with van der Waals surface area (Å²) in [5.41, 5.74) is 1.74. The second-order valence-electron chi connectivity index (χ2n) is 6.32. The van der Waals surface area contributed by atoms with Crippen LogP contribution in [0.2, 0.25) is 0 Å². The number of carbonyl (C=O) groups excluding carboxylic acids is 1. The van der Waals surface area contributed by atoms with Gasteiger partial charge in [0.2, 0.25) is 0 Å². The Balaban J connectivity index is 1.40. The molecule has 1 aromatic carbocycles. The van der Waals surface area contributed by atoms with Crippen LogP contribution in [0, 0.1) is 0 Å². The van der Waals surface area contributed by atoms with Crippen molar-refractivity contribution in [2.45, 2.75) is 25.2 Å². The maximum atomic E-state index is 11.9. The number of nitrogens with zero attached hydrogens (tertiary/aromatic N) is 2. The minimum absolute atomic E-state index is 0.0504. The molecule has 1 aromatic heterocycles. The number of hydrogen-bond donors (Lipinski definition) is 3. The van der Waals surface area contributed by atoms with Crippen molar-refractivity contribution >= 4 is 6.09 Å². The van der Waals surface area contributed by atoms with Gasteiger partial charge in [-0.1, -0.05) is 12.1 Å². The molecule has 0 atom stereocenters. The van der Waals surface area contributed by atoms with E-state index in [9.17, 15) is 15.0 Å². The van der Waals surface area contributed by atoms with Gasteiger partial charge in [0.1, 0.15) is 11.5 Å². The SMILES string of the molecule is O=C(NCCc1ccccn1)ON1CCC(c2ccc(O)cc2O)CC1. The van der Waals surface area contributed by atoms with Crippen LogP contribution in [0.3, 0.4) is 0 Å². The van der Waals surface area contributed by atoms with Crippen molar-refractivity contribution in [2.24, 2.45) is 0 Å². The first-order chi connectivity index (χ1) is 12.6. The molecule has 1 aliphatic heterocycles. The first-order valence-corrected chi connectivity index (χ1v) is 8.74. The summed E-state index contributed by atoms with van der Waals surface area (Å²) in [4.78, 5) is 21.4. The van der Waals surface area contributed by atoms with E-state index in [1.165, 1.54) is 6.07 Å². The second-order valence-corrected chi connectivity index (χ2v) is 6.32. The van der Waals surface area contributed by atoms with Crippen molar-refractivity contribution in [2.75, 3.05) is 19.6 Å². The van der Waals surface area contributed by atoms with Crippen LogP contribution >= 0.6 is 0 Å². The molecule has 1 saturated heterocycles. The Morgan fingerprint density at radius 3 is 2.73 bits per heavy atom. The molecule has 3 rings (SSSR count). The van der Waals surface area contributed by atoms with Gasteiger partial charge in [-0.25, -0.2) is 4.79 Å². The van der Waals surface area contributed by atoms with E-state index in [1.54, 1.807) is 23.4 Å². The third-order valence-corrected chi connectivity index (χ3v) is 4.50. The summed E-state index contributed by atoms with van der Waals surface area (Å²) in [5, 5.41) is 23.7. The fraction of sp³-hybridized carbons (Fsp3) is 0.368. The van der Waals surface area contributed by atoms with E-state index in [0.29, 0.717) is 26.1 Å². The molecule has 1 aliphatic rings. The van der Waals surface area contributed by atoms with Crippen molar-refractivity contribution in [3.05, 3.63) is 53.9 Å². The molecular weight excluding hydrogens is 334 g/mol. The molecule has 2 heterocycles. The maximum Gasteiger partial charge on any atom is 0.426 e. The lowest BCUT2D eigenvalue weighted by Gasteiger charge is -2.30. The van der Waals surface area contributed by atoms with Crippen LogP contribution in [0.1, 0.15) is 30.0 Å². The van der Waals surface area contributed by atoms with Gasteiger partial charge in [-0.2, -0.15) is 0 Å². The predicted octanol–water partition coefficient (Wildman–Crippen LogP) is 2.56. The topological polar surface area (TPSA) is 94.9 Å². The number of amides is 1. The van der Waals surface area contributed by atoms with Crippen molar-refractivity contribution < 1.29 is 19.8 Å². The molecule has 0 spiro atoms. The Bertz CT molecular complexity index is 731. The number of hydrogen-bond acceptors (Lipinski definition) is 6. The zero-order valence-corrected chi connectivity index (χ0v) is 14.5. The fourth-order valence-electron chi connectivity index (χ4n) is 3.12. The van der Waals surface area contributed by atoms with Gasteiger partial charge in [0, 0.05) is 44.0 Å². The molecule has 0 bridgehead atoms. The Morgan fingerprint density at radius 2 is 2.04 bits per heavy atom. The highest BCUT2D eigenvalue weighted by Gasteiger charge is 2.25. The van der Waals surface area contributed by atoms with Gasteiger partial charge in [0.15, 0.2) is 0 Å². The lowest BCUT2D eigenvalue weighted by molar-refractivity contribution is -0.113. The number of carbonyl (C=O) groups is 1. The number of aromatic hydroxyl groups is 2. The number of aromatic nitrogens is 1. The largest absolute Gasteiger partial charge is 0.508 e. The van der Waals surface area contributed by atoms with Crippen LogP contribution in [0.15, 0.2) is 42.6 Å². The molecule has 2 aromatic rings. The highest BCUT2D eigenvalue weighted by atomic mass is 16.7. The van der Waals surface area contributed by atoms with Crippen LogP contribution < -0.4 is 5.32 Å². The van der Waals surface area contributed by atoms with E-state index in [0.717, 1.165) is 24.1 Å². The number of rotatable bonds is 5. The lowest BCUT2D eigenvalue weighted by Crippen LogP contribution is -2.39. The highest BCUT2D eigenvalue weighted by molar-refractivity contribution is 5.66. The minimum atomic E-state index is -0.466. The molecule has 7 heteroatoms. The van der Waals surface area contributed by atoms with Crippen LogP contribution in [-0.2, 0) is 11.3 Å². The van der Waals surface area contributed by atoms with Gasteiger partial charge in [-0.05, 0) is 42.5 Å². The van der Waals surface area contributed by atoms with Gasteiger partial charge >= 0.3 is 6.09 Å². The van der Waals surface area contributed by atoms with Crippen molar-refractivity contribution in [1.82, 2.24) is 15.4 Å². The van der Waals surface area contributed by atoms with Crippen LogP contribution in [-0.4, -0.2) is 46.0 Å². The number of pyridine rings is 1. The Morgan fingerprint density at radius 1 is 1.23 bits per heavy atom. The van der Waals surface area contributed by atoms with Gasteiger partial charge in [0.25, 0.3) is 0 Å². The summed E-state index contributed by atoms with van der Waals surface area (Å²) in [6.07, 6.45) is 3.44. The summed E-state index contributed by atoms with van der Waals surface area (Å²) in [7, 11) is 0. The number of hydroxylamine groups is 2. The average Bonchev–Trinajstić information content (AvgIpc) is 2.63. The molecule has 0 aliphatic carbocycles. The predicted molar refractivity (Wildman–Crippen MR) is 95.7 cm³/mol. The summed E-state index contributed by atoms with van der Waals surface area (Å²) < 4.78 is 0. The molecular formula is C19H23N3O4. The van der Waals surface area contributed by atoms with E-state index in [4.69, 9.17) is 4.84 Å². The van der Waals surface area contributed by atoms with Crippen LogP contribution in [0.5, 0.6) is 11.5 Å². The standard InChI is InChI=1S/C19H23N3O4/c23-16-4-5-17(18(24)13-16)14-7-11-22(12-8-14)26-19(25)21-10-6-15-3-1-2-9-20-15/h1-5,9,13-14,23-24H,6-8,10-12H2,(H,21,25). The molecule has 26 heavy (non-hydrogen) atoms. The number of benzene rings is 1. The van der Waals surface area contributed by atoms with Gasteiger partial charge in [-0.15, -0.1) is 5.06 Å². The Labute approximate surface area is 152 Å². The summed E-state index contributed by atoms with van der Waals surface area (Å²) >= 11 is 0. The third kappa shape index (κ3) is 4.86. The average molecular weight is 357 g/mol. The van der Waals surface area contributed by atoms with Crippen LogP contribution in [0.25, 0.3) is 0 Å². The highest BCUT2D eigenvalue weighted by Crippen LogP contribution is 2.35. The summed E-state index contributed by atoms with van der Waals surface area (Å²) in [5.74, 6) is 0.341. The number of piperidine rings is 1. The Hall–Kier alpha value is -2.80. The van der Waals surface area contributed by atoms with E-state index in [2.05, 4.69) is 10.3 Å². The monoisotopic (exact) mass is 357 g/mol. The molecule has 1 fully saturated rings. The Kier molecular flexibility index (Phi) is 5.91. The quantitative estimate of drug-likeness (QED) is 0.761. The lowest BCUT2D eigenvalue weighted by atomic mass is 9.89. The van der Waals surface area contributed by atoms with Gasteiger partial charge < -0.3 is 20.4 Å². The third-order valence-electron chi connectivity index (χ3n) is 4.50. The maximum absolute atomic E-state index is 11.9. The van der Waals surface area contributed by atoms with Gasteiger partial charge in [-0.3, -0.25) is 4.98 Å². The number of nitrogens with one attached hydrogen (secondary N) is 1. The van der Waals surface area contributed by atoms with Crippen molar-refractivity contribution in [1.29, 1.82) is 0 Å². The molecule has 0 radical (unpaired) electrons. The van der Waals surface area contributed by atoms with E-state index in [1.807, 2.05) is 18.2 Å². The first kappa shape index (κ1) is 18.0. The molecule has 1 amide bonds. The van der Waals surface area contributed by atoms with Crippen molar-refractivity contribution in [3.8, 4) is 11.5 Å². The van der Waals surface area contributed by atoms with Crippen LogP contribution in [0.4, 0.5) is 4.79 Å². The zero-order chi connectivity index (χ0) is 18.4. The van der Waals surface area contributed by atoms with Crippen molar-refractivity contribution in [3.63, 3.8) is 0 Å². The molecule has 7 nitrogen and oxygen atoms in total. The molecule has 138 valence electrons. The first-order valence-electron chi connectivity index (χ1n) is 8.74. The molecule has 0 unspecified atom stereocenters. The number of phenols is 2. The fourth-order valence-corrected chi connectivity index (χ4v) is 3.12. The minimum Gasteiger partial charge on any atom is -0.508 e. The summed E-state index contributed by atoms with van der Waals surface area (Å²) in [6.45, 7) is 1.66. The van der Waals surface area contributed by atoms with E-state index < -0.39 is 6.09 Å². The second kappa shape index (κ2) is 8.53. The normalized spacial score (nSPS) is 15.5. The van der Waals surface area contributed by atoms with Gasteiger partial charge in [0.05, 0.1) is 0 Å². The molecule has 0 saturated carbocycles. The molecule has 3 N–H and O–H groups in total. The zero-order valence-electron chi connectivity index (χ0n) is 14.5. The summed E-state index contributed by atoms with van der Waals surface area (Å²) in [6, 6.07) is 10.4. The van der Waals surface area contributed by atoms with E-state index >= 15 is 0 Å². The number of phenolic OH excluding ortho intramolecular Hbond substituents is 2. The smallest absolute Gasteiger partial charge is 0.426 e.